The van der Waals surface area contributed by atoms with E-state index in [1.165, 1.54) is 96.0 Å². The van der Waals surface area contributed by atoms with Crippen LogP contribution in [-0.4, -0.2) is 54.1 Å². The van der Waals surface area contributed by atoms with Gasteiger partial charge in [-0.3, -0.25) is 14.4 Å². The molecule has 0 heterocycles. The fourth-order valence-corrected chi connectivity index (χ4v) is 8.04. The van der Waals surface area contributed by atoms with Gasteiger partial charge in [-0.05, 0) is 88.4 Å². The number of allylic oxidation sites excluding steroid dienone is 2. The van der Waals surface area contributed by atoms with Gasteiger partial charge in [0, 0.05) is 38.2 Å². The fourth-order valence-electron chi connectivity index (χ4n) is 8.04. The molecule has 0 saturated heterocycles. The van der Waals surface area contributed by atoms with Crippen LogP contribution in [0.5, 0.6) is 0 Å². The number of nitrogens with one attached hydrogen (secondary N) is 3. The van der Waals surface area contributed by atoms with Crippen LogP contribution < -0.4 is 16.0 Å². The van der Waals surface area contributed by atoms with Gasteiger partial charge in [-0.1, -0.05) is 137 Å². The standard InChI is InChI=1S/C39H66N4O3.C4H8.2C3H8/c1-9-17-36(38(45)29(6)44)42-39(46)27(4)34-24-33(34)25-43(8)28(5)37(32-20-15-12-16-21-32)41-30(7)40-35(23-22-26(2)3)31-18-13-10-11-14-19-31;1-3-4-2;2*1-3-2/h27,31-37,40-41H,2,5,7,9-25H2,1,3-4,6,8H3,(H,42,46);3H,1,4H2,2H3;2*3H2,1-2H3/t27?,33-,34+,35?,36?,37?;;;/m0.../s1. The second kappa shape index (κ2) is 31.2. The molecule has 0 aromatic carbocycles. The van der Waals surface area contributed by atoms with Crippen molar-refractivity contribution in [2.24, 2.45) is 29.6 Å². The molecule has 0 aliphatic heterocycles. The molecule has 3 aliphatic carbocycles. The van der Waals surface area contributed by atoms with Crippen LogP contribution >= 0.6 is 0 Å². The molecule has 3 rings (SSSR count). The van der Waals surface area contributed by atoms with Gasteiger partial charge in [0.1, 0.15) is 0 Å². The van der Waals surface area contributed by atoms with E-state index in [9.17, 15) is 14.4 Å². The monoisotopic (exact) mass is 783 g/mol. The van der Waals surface area contributed by atoms with Crippen LogP contribution in [0, 0.1) is 29.6 Å². The maximum absolute atomic E-state index is 13.1. The van der Waals surface area contributed by atoms with Crippen LogP contribution in [0.4, 0.5) is 0 Å². The predicted octanol–water partition coefficient (Wildman–Crippen LogP) is 11.9. The van der Waals surface area contributed by atoms with Crippen molar-refractivity contribution < 1.29 is 14.4 Å². The molecule has 6 atom stereocenters. The first kappa shape index (κ1) is 53.2. The van der Waals surface area contributed by atoms with Crippen LogP contribution in [0.3, 0.4) is 0 Å². The highest BCUT2D eigenvalue weighted by Gasteiger charge is 2.45. The Morgan fingerprint density at radius 2 is 1.27 bits per heavy atom. The van der Waals surface area contributed by atoms with Crippen LogP contribution in [0.15, 0.2) is 49.5 Å². The lowest BCUT2D eigenvalue weighted by Gasteiger charge is -2.38. The van der Waals surface area contributed by atoms with E-state index < -0.39 is 17.6 Å². The van der Waals surface area contributed by atoms with Crippen LogP contribution in [0.25, 0.3) is 0 Å². The molecule has 3 saturated carbocycles. The normalized spacial score (nSPS) is 20.1. The Hall–Kier alpha value is -2.83. The van der Waals surface area contributed by atoms with E-state index in [1.807, 2.05) is 19.9 Å². The average molecular weight is 783 g/mol. The predicted molar refractivity (Wildman–Crippen MR) is 242 cm³/mol. The maximum Gasteiger partial charge on any atom is 0.223 e. The molecule has 0 aromatic rings. The molecule has 56 heavy (non-hydrogen) atoms. The van der Waals surface area contributed by atoms with E-state index in [2.05, 4.69) is 95.8 Å². The van der Waals surface area contributed by atoms with E-state index in [0.717, 1.165) is 50.2 Å². The summed E-state index contributed by atoms with van der Waals surface area (Å²) >= 11 is 0. The smallest absolute Gasteiger partial charge is 0.223 e. The summed E-state index contributed by atoms with van der Waals surface area (Å²) in [6.07, 6.45) is 23.9. The number of amides is 1. The molecule has 3 aliphatic rings. The number of nitrogens with zero attached hydrogens (tertiary/aromatic N) is 1. The van der Waals surface area contributed by atoms with Gasteiger partial charge >= 0.3 is 0 Å². The molecule has 324 valence electrons. The number of carbonyl (C=O) groups is 3. The van der Waals surface area contributed by atoms with Crippen molar-refractivity contribution in [2.45, 2.75) is 202 Å². The molecule has 7 heteroatoms. The number of rotatable bonds is 21. The molecular formula is C49H90N4O3. The number of hydrogen-bond donors (Lipinski definition) is 3. The van der Waals surface area contributed by atoms with Gasteiger partial charge in [0.05, 0.1) is 17.9 Å². The van der Waals surface area contributed by atoms with Crippen molar-refractivity contribution in [1.29, 1.82) is 0 Å². The van der Waals surface area contributed by atoms with Gasteiger partial charge in [0.2, 0.25) is 11.7 Å². The van der Waals surface area contributed by atoms with Crippen LogP contribution in [-0.2, 0) is 14.4 Å². The minimum absolute atomic E-state index is 0.117. The number of hydrogen-bond acceptors (Lipinski definition) is 6. The van der Waals surface area contributed by atoms with E-state index in [0.29, 0.717) is 30.2 Å². The van der Waals surface area contributed by atoms with E-state index in [-0.39, 0.29) is 23.8 Å². The van der Waals surface area contributed by atoms with Crippen molar-refractivity contribution in [3.8, 4) is 0 Å². The molecule has 0 bridgehead atoms. The zero-order chi connectivity index (χ0) is 42.6. The number of carbonyl (C=O) groups excluding carboxylic acids is 3. The Balaban J connectivity index is 0.00000271. The third-order valence-electron chi connectivity index (χ3n) is 11.4. The molecule has 3 fully saturated rings. The van der Waals surface area contributed by atoms with Crippen molar-refractivity contribution in [2.75, 3.05) is 13.6 Å². The van der Waals surface area contributed by atoms with Gasteiger partial charge in [-0.2, -0.15) is 0 Å². The van der Waals surface area contributed by atoms with Crippen molar-refractivity contribution in [3.63, 3.8) is 0 Å². The lowest BCUT2D eigenvalue weighted by atomic mass is 9.82. The summed E-state index contributed by atoms with van der Waals surface area (Å²) in [5, 5.41) is 10.6. The van der Waals surface area contributed by atoms with Gasteiger partial charge < -0.3 is 20.9 Å². The largest absolute Gasteiger partial charge is 0.376 e. The number of likely N-dealkylation sites (N-methyl/N-ethyl adjacent to an activating group) is 1. The fraction of sp³-hybridized carbons (Fsp3) is 0.776. The molecule has 0 radical (unpaired) electrons. The number of Topliss-reactive ketones (excluding diaryl/α,β-unsaturated/α-hetero) is 2. The average Bonchev–Trinajstić information content (AvgIpc) is 3.99. The zero-order valence-electron chi connectivity index (χ0n) is 38.3. The van der Waals surface area contributed by atoms with Crippen molar-refractivity contribution in [1.82, 2.24) is 20.9 Å². The molecule has 7 nitrogen and oxygen atoms in total. The van der Waals surface area contributed by atoms with Crippen molar-refractivity contribution in [3.05, 3.63) is 49.5 Å². The second-order valence-electron chi connectivity index (χ2n) is 17.2. The summed E-state index contributed by atoms with van der Waals surface area (Å²) in [5.41, 5.74) is 2.34. The lowest BCUT2D eigenvalue weighted by molar-refractivity contribution is -0.138. The number of ketones is 2. The highest BCUT2D eigenvalue weighted by molar-refractivity contribution is 6.38. The van der Waals surface area contributed by atoms with Gasteiger partial charge in [0.15, 0.2) is 5.78 Å². The molecule has 1 amide bonds. The summed E-state index contributed by atoms with van der Waals surface area (Å²) in [7, 11) is 2.14. The minimum atomic E-state index is -0.718. The first-order chi connectivity index (χ1) is 26.7. The molecule has 0 aromatic heterocycles. The Labute approximate surface area is 346 Å². The molecular weight excluding hydrogens is 693 g/mol. The molecule has 0 spiro atoms. The van der Waals surface area contributed by atoms with E-state index in [4.69, 9.17) is 0 Å². The lowest BCUT2D eigenvalue weighted by Crippen LogP contribution is -2.48. The van der Waals surface area contributed by atoms with Crippen molar-refractivity contribution >= 4 is 17.5 Å². The Morgan fingerprint density at radius 3 is 1.73 bits per heavy atom. The Bertz CT molecular complexity index is 1150. The second-order valence-corrected chi connectivity index (χ2v) is 17.2. The first-order valence-corrected chi connectivity index (χ1v) is 22.9. The summed E-state index contributed by atoms with van der Waals surface area (Å²) in [4.78, 5) is 39.4. The third-order valence-corrected chi connectivity index (χ3v) is 11.4. The maximum atomic E-state index is 13.1. The SMILES string of the molecule is C=C(C)CCC(NC(=C)NC(C(=C)N(C)C[C@@H]1C[C@@H]1C(C)C(=O)NC(CCC)C(=O)C(C)=O)C1CCCCC1)C1CCCCCC1.C=CCC.CCC.CCC. The highest BCUT2D eigenvalue weighted by atomic mass is 16.2. The summed E-state index contributed by atoms with van der Waals surface area (Å²) in [6.45, 7) is 35.5. The van der Waals surface area contributed by atoms with Crippen LogP contribution in [0.2, 0.25) is 0 Å². The summed E-state index contributed by atoms with van der Waals surface area (Å²) in [5.74, 6) is 1.43. The quantitative estimate of drug-likeness (QED) is 0.0610. The summed E-state index contributed by atoms with van der Waals surface area (Å²) < 4.78 is 0. The highest BCUT2D eigenvalue weighted by Crippen LogP contribution is 2.45. The third kappa shape index (κ3) is 21.6. The Morgan fingerprint density at radius 1 is 0.768 bits per heavy atom. The van der Waals surface area contributed by atoms with E-state index >= 15 is 0 Å². The topological polar surface area (TPSA) is 90.5 Å². The first-order valence-electron chi connectivity index (χ1n) is 22.9. The summed E-state index contributed by atoms with van der Waals surface area (Å²) in [6, 6.07) is -0.203. The Kier molecular flexibility index (Phi) is 29.6. The van der Waals surface area contributed by atoms with Gasteiger partial charge in [-0.15, -0.1) is 13.2 Å². The van der Waals surface area contributed by atoms with Crippen LogP contribution in [0.1, 0.15) is 184 Å². The van der Waals surface area contributed by atoms with Gasteiger partial charge in [0.25, 0.3) is 0 Å². The zero-order valence-corrected chi connectivity index (χ0v) is 38.3. The molecule has 3 N–H and O–H groups in total. The van der Waals surface area contributed by atoms with E-state index in [1.54, 1.807) is 0 Å². The minimum Gasteiger partial charge on any atom is -0.376 e. The molecule has 4 unspecified atom stereocenters. The van der Waals surface area contributed by atoms with Gasteiger partial charge in [-0.25, -0.2) is 0 Å².